The van der Waals surface area contributed by atoms with E-state index in [1.165, 1.54) is 18.4 Å². The maximum atomic E-state index is 13.8. The van der Waals surface area contributed by atoms with Crippen molar-refractivity contribution in [2.75, 3.05) is 13.7 Å². The average Bonchev–Trinajstić information content (AvgIpc) is 2.96. The van der Waals surface area contributed by atoms with Gasteiger partial charge in [0.25, 0.3) is 0 Å². The highest BCUT2D eigenvalue weighted by molar-refractivity contribution is 5.88. The summed E-state index contributed by atoms with van der Waals surface area (Å²) < 4.78 is 5.31. The second kappa shape index (κ2) is 14.2. The normalized spacial score (nSPS) is 13.8. The molecule has 5 heteroatoms. The van der Waals surface area contributed by atoms with Gasteiger partial charge in [0.15, 0.2) is 0 Å². The molecule has 0 radical (unpaired) electrons. The predicted octanol–water partition coefficient (Wildman–Crippen LogP) is 5.88. The van der Waals surface area contributed by atoms with Gasteiger partial charge in [0, 0.05) is 19.5 Å². The molecule has 0 spiro atoms. The van der Waals surface area contributed by atoms with Gasteiger partial charge in [-0.2, -0.15) is 0 Å². The van der Waals surface area contributed by atoms with Crippen LogP contribution >= 0.6 is 0 Å². The number of allylic oxidation sites excluding steroid dienone is 1. The first-order valence-electron chi connectivity index (χ1n) is 13.6. The molecule has 1 atom stereocenters. The third-order valence-electron chi connectivity index (χ3n) is 7.11. The number of methoxy groups -OCH3 is 1. The summed E-state index contributed by atoms with van der Waals surface area (Å²) in [5.41, 5.74) is 4.33. The number of rotatable bonds is 12. The molecule has 5 nitrogen and oxygen atoms in total. The van der Waals surface area contributed by atoms with E-state index in [9.17, 15) is 9.59 Å². The van der Waals surface area contributed by atoms with Crippen molar-refractivity contribution in [2.24, 2.45) is 0 Å². The van der Waals surface area contributed by atoms with Crippen molar-refractivity contribution in [1.82, 2.24) is 10.2 Å². The molecule has 0 saturated carbocycles. The van der Waals surface area contributed by atoms with Crippen LogP contribution < -0.4 is 10.1 Å². The average molecular weight is 511 g/mol. The Hall–Kier alpha value is -3.86. The number of nitrogens with one attached hydrogen (secondary N) is 1. The minimum Gasteiger partial charge on any atom is -0.497 e. The number of carbonyl (C=O) groups is 2. The molecule has 0 heterocycles. The van der Waals surface area contributed by atoms with Crippen LogP contribution in [-0.4, -0.2) is 36.4 Å². The topological polar surface area (TPSA) is 58.6 Å². The molecule has 0 bridgehead atoms. The third kappa shape index (κ3) is 8.07. The fourth-order valence-corrected chi connectivity index (χ4v) is 4.95. The van der Waals surface area contributed by atoms with Gasteiger partial charge in [-0.05, 0) is 60.9 Å². The Bertz CT molecular complexity index is 1190. The summed E-state index contributed by atoms with van der Waals surface area (Å²) in [4.78, 5) is 29.3. The standard InChI is InChI=1S/C33H38N2O3/c1-38-30-19-17-29(18-20-30)25-35(32(36)24-28-15-9-4-10-16-28)31(23-27-13-7-3-8-14-27)33(37)34-22-21-26-11-5-2-6-12-26/h3-4,7-11,13-20,31H,2,5-6,12,21-25H2,1H3,(H,34,37)/t31-/m0/s1. The molecule has 1 N–H and O–H groups in total. The molecule has 0 aromatic heterocycles. The summed E-state index contributed by atoms with van der Waals surface area (Å²) in [5.74, 6) is 0.574. The summed E-state index contributed by atoms with van der Waals surface area (Å²) in [6.45, 7) is 0.922. The maximum absolute atomic E-state index is 13.8. The molecule has 3 aromatic carbocycles. The van der Waals surface area contributed by atoms with E-state index in [2.05, 4.69) is 11.4 Å². The quantitative estimate of drug-likeness (QED) is 0.309. The summed E-state index contributed by atoms with van der Waals surface area (Å²) in [6.07, 6.45) is 8.58. The fourth-order valence-electron chi connectivity index (χ4n) is 4.95. The number of nitrogens with zero attached hydrogens (tertiary/aromatic N) is 1. The van der Waals surface area contributed by atoms with Gasteiger partial charge in [0.2, 0.25) is 11.8 Å². The van der Waals surface area contributed by atoms with Gasteiger partial charge in [-0.25, -0.2) is 0 Å². The number of carbonyl (C=O) groups excluding carboxylic acids is 2. The Morgan fingerprint density at radius 1 is 0.868 bits per heavy atom. The van der Waals surface area contributed by atoms with Crippen LogP contribution in [-0.2, 0) is 29.0 Å². The number of hydrogen-bond donors (Lipinski definition) is 1. The van der Waals surface area contributed by atoms with Crippen molar-refractivity contribution >= 4 is 11.8 Å². The van der Waals surface area contributed by atoms with E-state index in [1.54, 1.807) is 12.0 Å². The van der Waals surface area contributed by atoms with Crippen molar-refractivity contribution in [1.29, 1.82) is 0 Å². The number of hydrogen-bond acceptors (Lipinski definition) is 3. The highest BCUT2D eigenvalue weighted by Gasteiger charge is 2.30. The molecule has 3 aromatic rings. The second-order valence-corrected chi connectivity index (χ2v) is 9.89. The lowest BCUT2D eigenvalue weighted by Gasteiger charge is -2.32. The van der Waals surface area contributed by atoms with E-state index >= 15 is 0 Å². The largest absolute Gasteiger partial charge is 0.497 e. The molecule has 38 heavy (non-hydrogen) atoms. The van der Waals surface area contributed by atoms with E-state index in [4.69, 9.17) is 4.74 Å². The zero-order chi connectivity index (χ0) is 26.6. The molecule has 0 saturated heterocycles. The van der Waals surface area contributed by atoms with Crippen molar-refractivity contribution in [3.63, 3.8) is 0 Å². The van der Waals surface area contributed by atoms with E-state index in [1.807, 2.05) is 84.9 Å². The van der Waals surface area contributed by atoms with Gasteiger partial charge in [-0.15, -0.1) is 0 Å². The lowest BCUT2D eigenvalue weighted by molar-refractivity contribution is -0.140. The molecule has 1 aliphatic carbocycles. The van der Waals surface area contributed by atoms with Crippen LogP contribution in [0.3, 0.4) is 0 Å². The van der Waals surface area contributed by atoms with Crippen molar-refractivity contribution < 1.29 is 14.3 Å². The first kappa shape index (κ1) is 27.2. The van der Waals surface area contributed by atoms with E-state index < -0.39 is 6.04 Å². The molecule has 0 unspecified atom stereocenters. The highest BCUT2D eigenvalue weighted by Crippen LogP contribution is 2.21. The number of benzene rings is 3. The van der Waals surface area contributed by atoms with Crippen LogP contribution in [0.1, 0.15) is 48.8 Å². The molecule has 4 rings (SSSR count). The molecular formula is C33H38N2O3. The zero-order valence-corrected chi connectivity index (χ0v) is 22.3. The van der Waals surface area contributed by atoms with Crippen molar-refractivity contribution in [3.8, 4) is 5.75 Å². The minimum absolute atomic E-state index is 0.0712. The van der Waals surface area contributed by atoms with E-state index in [0.29, 0.717) is 19.5 Å². The summed E-state index contributed by atoms with van der Waals surface area (Å²) in [6, 6.07) is 26.7. The number of amides is 2. The Morgan fingerprint density at radius 2 is 1.55 bits per heavy atom. The summed E-state index contributed by atoms with van der Waals surface area (Å²) in [5, 5.41) is 3.16. The van der Waals surface area contributed by atoms with Gasteiger partial charge in [-0.1, -0.05) is 84.4 Å². The molecule has 0 fully saturated rings. The van der Waals surface area contributed by atoms with Crippen LogP contribution in [0.15, 0.2) is 96.6 Å². The summed E-state index contributed by atoms with van der Waals surface area (Å²) in [7, 11) is 1.63. The Labute approximate surface area is 226 Å². The molecule has 0 aliphatic heterocycles. The van der Waals surface area contributed by atoms with Gasteiger partial charge in [0.05, 0.1) is 13.5 Å². The molecule has 198 valence electrons. The molecular weight excluding hydrogens is 472 g/mol. The third-order valence-corrected chi connectivity index (χ3v) is 7.11. The van der Waals surface area contributed by atoms with Crippen LogP contribution in [0, 0.1) is 0 Å². The van der Waals surface area contributed by atoms with Gasteiger partial charge < -0.3 is 15.0 Å². The van der Waals surface area contributed by atoms with Gasteiger partial charge >= 0.3 is 0 Å². The molecule has 2 amide bonds. The lowest BCUT2D eigenvalue weighted by atomic mass is 9.97. The lowest BCUT2D eigenvalue weighted by Crippen LogP contribution is -2.51. The smallest absolute Gasteiger partial charge is 0.243 e. The first-order chi connectivity index (χ1) is 18.6. The van der Waals surface area contributed by atoms with E-state index in [-0.39, 0.29) is 18.2 Å². The van der Waals surface area contributed by atoms with Crippen LogP contribution in [0.25, 0.3) is 0 Å². The van der Waals surface area contributed by atoms with Gasteiger partial charge in [-0.3, -0.25) is 9.59 Å². The van der Waals surface area contributed by atoms with Gasteiger partial charge in [0.1, 0.15) is 11.8 Å². The van der Waals surface area contributed by atoms with Crippen LogP contribution in [0.5, 0.6) is 5.75 Å². The SMILES string of the molecule is COc1ccc(CN(C(=O)Cc2ccccc2)[C@@H](Cc2ccccc2)C(=O)NCCC2=CCCCC2)cc1. The second-order valence-electron chi connectivity index (χ2n) is 9.89. The fraction of sp³-hybridized carbons (Fsp3) is 0.333. The predicted molar refractivity (Wildman–Crippen MR) is 152 cm³/mol. The van der Waals surface area contributed by atoms with Crippen molar-refractivity contribution in [2.45, 2.75) is 57.5 Å². The van der Waals surface area contributed by atoms with E-state index in [0.717, 1.165) is 41.7 Å². The van der Waals surface area contributed by atoms with Crippen LogP contribution in [0.4, 0.5) is 0 Å². The Kier molecular flexibility index (Phi) is 10.1. The van der Waals surface area contributed by atoms with Crippen molar-refractivity contribution in [3.05, 3.63) is 113 Å². The minimum atomic E-state index is -0.629. The maximum Gasteiger partial charge on any atom is 0.243 e. The summed E-state index contributed by atoms with van der Waals surface area (Å²) >= 11 is 0. The molecule has 1 aliphatic rings. The highest BCUT2D eigenvalue weighted by atomic mass is 16.5. The Balaban J connectivity index is 1.58. The monoisotopic (exact) mass is 510 g/mol. The zero-order valence-electron chi connectivity index (χ0n) is 22.3. The van der Waals surface area contributed by atoms with Crippen LogP contribution in [0.2, 0.25) is 0 Å². The number of ether oxygens (including phenoxy) is 1. The Morgan fingerprint density at radius 3 is 2.18 bits per heavy atom. The first-order valence-corrected chi connectivity index (χ1v) is 13.6.